The molecule has 0 aliphatic rings. The zero-order valence-electron chi connectivity index (χ0n) is 11.5. The number of aromatic nitrogens is 2. The van der Waals surface area contributed by atoms with Gasteiger partial charge in [0.05, 0.1) is 12.0 Å². The fraction of sp³-hybridized carbons (Fsp3) is 0.308. The molecule has 0 N–H and O–H groups in total. The summed E-state index contributed by atoms with van der Waals surface area (Å²) in [4.78, 5) is 10.7. The van der Waals surface area contributed by atoms with E-state index < -0.39 is 0 Å². The Morgan fingerprint density at radius 3 is 2.80 bits per heavy atom. The summed E-state index contributed by atoms with van der Waals surface area (Å²) in [5.41, 5.74) is 1.50. The molecule has 20 heavy (non-hydrogen) atoms. The van der Waals surface area contributed by atoms with E-state index in [2.05, 4.69) is 5.10 Å². The van der Waals surface area contributed by atoms with Gasteiger partial charge < -0.3 is 4.74 Å². The summed E-state index contributed by atoms with van der Waals surface area (Å²) in [6, 6.07) is 7.63. The van der Waals surface area contributed by atoms with Crippen LogP contribution in [0.1, 0.15) is 11.3 Å². The molecule has 0 spiro atoms. The van der Waals surface area contributed by atoms with E-state index in [1.807, 2.05) is 24.3 Å². The third-order valence-corrected chi connectivity index (χ3v) is 4.07. The molecule has 106 valence electrons. The van der Waals surface area contributed by atoms with Gasteiger partial charge in [0.15, 0.2) is 5.03 Å². The molecule has 0 fully saturated rings. The van der Waals surface area contributed by atoms with E-state index in [0.717, 1.165) is 11.3 Å². The zero-order valence-corrected chi connectivity index (χ0v) is 12.3. The first kappa shape index (κ1) is 14.4. The van der Waals surface area contributed by atoms with Gasteiger partial charge in [-0.2, -0.15) is 5.10 Å². The summed E-state index contributed by atoms with van der Waals surface area (Å²) in [6.07, 6.45) is 0. The Hall–Kier alpha value is -2.02. The molecule has 1 aromatic carbocycles. The van der Waals surface area contributed by atoms with Crippen molar-refractivity contribution in [3.05, 3.63) is 45.6 Å². The van der Waals surface area contributed by atoms with Crippen LogP contribution in [0.15, 0.2) is 29.3 Å². The van der Waals surface area contributed by atoms with E-state index in [9.17, 15) is 10.1 Å². The van der Waals surface area contributed by atoms with Crippen molar-refractivity contribution in [3.63, 3.8) is 0 Å². The maximum atomic E-state index is 11.1. The first-order valence-electron chi connectivity index (χ1n) is 5.97. The summed E-state index contributed by atoms with van der Waals surface area (Å²) in [6.45, 7) is 1.64. The Bertz CT molecular complexity index is 640. The van der Waals surface area contributed by atoms with E-state index >= 15 is 0 Å². The molecule has 2 aromatic rings. The molecule has 6 nitrogen and oxygen atoms in total. The first-order valence-corrected chi connectivity index (χ1v) is 6.95. The number of thioether (sulfide) groups is 1. The van der Waals surface area contributed by atoms with E-state index in [-0.39, 0.29) is 10.6 Å². The number of para-hydroxylation sites is 1. The maximum Gasteiger partial charge on any atom is 0.323 e. The fourth-order valence-corrected chi connectivity index (χ4v) is 3.08. The second-order valence-electron chi connectivity index (χ2n) is 4.22. The van der Waals surface area contributed by atoms with E-state index in [0.29, 0.717) is 16.5 Å². The highest BCUT2D eigenvalue weighted by Crippen LogP contribution is 2.35. The van der Waals surface area contributed by atoms with Gasteiger partial charge in [-0.3, -0.25) is 14.8 Å². The number of nitro groups is 1. The summed E-state index contributed by atoms with van der Waals surface area (Å²) >= 11 is 1.38. The number of benzene rings is 1. The lowest BCUT2D eigenvalue weighted by atomic mass is 10.2. The Labute approximate surface area is 120 Å². The van der Waals surface area contributed by atoms with Gasteiger partial charge in [-0.05, 0) is 13.0 Å². The number of methoxy groups -OCH3 is 1. The van der Waals surface area contributed by atoms with Crippen molar-refractivity contribution < 1.29 is 9.66 Å². The van der Waals surface area contributed by atoms with Gasteiger partial charge in [0.2, 0.25) is 0 Å². The fourth-order valence-electron chi connectivity index (χ4n) is 1.97. The minimum Gasteiger partial charge on any atom is -0.496 e. The number of nitrogens with zero attached hydrogens (tertiary/aromatic N) is 3. The van der Waals surface area contributed by atoms with Crippen molar-refractivity contribution in [1.82, 2.24) is 9.78 Å². The summed E-state index contributed by atoms with van der Waals surface area (Å²) < 4.78 is 6.83. The molecule has 0 unspecified atom stereocenters. The Morgan fingerprint density at radius 1 is 1.45 bits per heavy atom. The standard InChI is InChI=1S/C13H15N3O3S/c1-9-12(16(17)18)13(15(2)14-9)20-8-10-6-4-5-7-11(10)19-3/h4-7H,8H2,1-3H3. The lowest BCUT2D eigenvalue weighted by Crippen LogP contribution is -1.96. The van der Waals surface area contributed by atoms with Crippen LogP contribution in [0.5, 0.6) is 5.75 Å². The number of hydrogen-bond donors (Lipinski definition) is 0. The predicted octanol–water partition coefficient (Wildman–Crippen LogP) is 2.94. The number of aryl methyl sites for hydroxylation is 2. The molecule has 0 bridgehead atoms. The van der Waals surface area contributed by atoms with Crippen molar-refractivity contribution in [2.24, 2.45) is 7.05 Å². The number of ether oxygens (including phenoxy) is 1. The normalized spacial score (nSPS) is 10.6. The Balaban J connectivity index is 2.25. The molecule has 0 saturated heterocycles. The van der Waals surface area contributed by atoms with Gasteiger partial charge in [-0.15, -0.1) is 0 Å². The highest BCUT2D eigenvalue weighted by molar-refractivity contribution is 7.98. The average Bonchev–Trinajstić information content (AvgIpc) is 2.71. The first-order chi connectivity index (χ1) is 9.54. The monoisotopic (exact) mass is 293 g/mol. The van der Waals surface area contributed by atoms with Gasteiger partial charge in [0, 0.05) is 18.4 Å². The average molecular weight is 293 g/mol. The third kappa shape index (κ3) is 2.77. The largest absolute Gasteiger partial charge is 0.496 e. The molecule has 0 aliphatic heterocycles. The Kier molecular flexibility index (Phi) is 4.29. The minimum atomic E-state index is -0.382. The van der Waals surface area contributed by atoms with E-state index in [4.69, 9.17) is 4.74 Å². The molecular weight excluding hydrogens is 278 g/mol. The molecule has 0 radical (unpaired) electrons. The smallest absolute Gasteiger partial charge is 0.323 e. The van der Waals surface area contributed by atoms with E-state index in [1.165, 1.54) is 11.8 Å². The maximum absolute atomic E-state index is 11.1. The van der Waals surface area contributed by atoms with E-state index in [1.54, 1.807) is 25.8 Å². The van der Waals surface area contributed by atoms with Crippen LogP contribution < -0.4 is 4.74 Å². The van der Waals surface area contributed by atoms with Gasteiger partial charge >= 0.3 is 5.69 Å². The van der Waals surface area contributed by atoms with Gasteiger partial charge in [-0.25, -0.2) is 0 Å². The molecule has 0 atom stereocenters. The summed E-state index contributed by atoms with van der Waals surface area (Å²) in [5.74, 6) is 1.37. The predicted molar refractivity (Wildman–Crippen MR) is 77.2 cm³/mol. The van der Waals surface area contributed by atoms with Crippen LogP contribution in [-0.2, 0) is 12.8 Å². The van der Waals surface area contributed by atoms with Crippen LogP contribution in [0, 0.1) is 17.0 Å². The molecule has 1 aromatic heterocycles. The Morgan fingerprint density at radius 2 is 2.15 bits per heavy atom. The lowest BCUT2D eigenvalue weighted by Gasteiger charge is -2.07. The highest BCUT2D eigenvalue weighted by atomic mass is 32.2. The third-order valence-electron chi connectivity index (χ3n) is 2.88. The van der Waals surface area contributed by atoms with Crippen LogP contribution in [0.3, 0.4) is 0 Å². The number of rotatable bonds is 5. The van der Waals surface area contributed by atoms with Crippen LogP contribution >= 0.6 is 11.8 Å². The van der Waals surface area contributed by atoms with Crippen molar-refractivity contribution in [1.29, 1.82) is 0 Å². The van der Waals surface area contributed by atoms with Gasteiger partial charge in [-0.1, -0.05) is 30.0 Å². The quantitative estimate of drug-likeness (QED) is 0.481. The van der Waals surface area contributed by atoms with Crippen molar-refractivity contribution in [3.8, 4) is 5.75 Å². The summed E-state index contributed by atoms with van der Waals surface area (Å²) in [5, 5.41) is 15.8. The molecule has 1 heterocycles. The molecule has 0 aliphatic carbocycles. The van der Waals surface area contributed by atoms with Crippen LogP contribution in [0.25, 0.3) is 0 Å². The topological polar surface area (TPSA) is 70.2 Å². The van der Waals surface area contributed by atoms with Crippen LogP contribution in [0.2, 0.25) is 0 Å². The lowest BCUT2D eigenvalue weighted by molar-refractivity contribution is -0.388. The minimum absolute atomic E-state index is 0.0763. The van der Waals surface area contributed by atoms with Crippen molar-refractivity contribution >= 4 is 17.4 Å². The van der Waals surface area contributed by atoms with Crippen molar-refractivity contribution in [2.45, 2.75) is 17.7 Å². The highest BCUT2D eigenvalue weighted by Gasteiger charge is 2.24. The molecule has 0 amide bonds. The SMILES string of the molecule is COc1ccccc1CSc1c([N+](=O)[O-])c(C)nn1C. The summed E-state index contributed by atoms with van der Waals surface area (Å²) in [7, 11) is 3.32. The number of hydrogen-bond acceptors (Lipinski definition) is 5. The van der Waals surface area contributed by atoms with Gasteiger partial charge in [0.25, 0.3) is 0 Å². The van der Waals surface area contributed by atoms with Crippen molar-refractivity contribution in [2.75, 3.05) is 7.11 Å². The van der Waals surface area contributed by atoms with Gasteiger partial charge in [0.1, 0.15) is 11.4 Å². The molecule has 0 saturated carbocycles. The second kappa shape index (κ2) is 5.96. The molecular formula is C13H15N3O3S. The second-order valence-corrected chi connectivity index (χ2v) is 5.18. The zero-order chi connectivity index (χ0) is 14.7. The van der Waals surface area contributed by atoms with Crippen LogP contribution in [-0.4, -0.2) is 21.8 Å². The van der Waals surface area contributed by atoms with Crippen LogP contribution in [0.4, 0.5) is 5.69 Å². The molecule has 7 heteroatoms. The molecule has 2 rings (SSSR count).